The zero-order valence-corrected chi connectivity index (χ0v) is 11.7. The Bertz CT molecular complexity index is 417. The van der Waals surface area contributed by atoms with Crippen LogP contribution in [0.5, 0.6) is 5.75 Å². The summed E-state index contributed by atoms with van der Waals surface area (Å²) in [6.07, 6.45) is 5.16. The van der Waals surface area contributed by atoms with E-state index in [-0.39, 0.29) is 11.9 Å². The largest absolute Gasteiger partial charge is 0.487 e. The van der Waals surface area contributed by atoms with E-state index in [0.717, 1.165) is 19.3 Å². The molecule has 0 bridgehead atoms. The molecule has 1 N–H and O–H groups in total. The van der Waals surface area contributed by atoms with Gasteiger partial charge in [-0.2, -0.15) is 0 Å². The van der Waals surface area contributed by atoms with Gasteiger partial charge in [-0.05, 0) is 56.2 Å². The van der Waals surface area contributed by atoms with E-state index in [9.17, 15) is 9.50 Å². The second-order valence-electron chi connectivity index (χ2n) is 5.47. The number of rotatable bonds is 4. The number of benzene rings is 1. The highest BCUT2D eigenvalue weighted by molar-refractivity contribution is 5.30. The summed E-state index contributed by atoms with van der Waals surface area (Å²) < 4.78 is 19.8. The van der Waals surface area contributed by atoms with E-state index in [1.807, 2.05) is 0 Å². The van der Waals surface area contributed by atoms with Crippen LogP contribution in [-0.2, 0) is 0 Å². The Balaban J connectivity index is 2.09. The van der Waals surface area contributed by atoms with Gasteiger partial charge in [0.15, 0.2) is 11.6 Å². The van der Waals surface area contributed by atoms with Crippen molar-refractivity contribution in [3.05, 3.63) is 29.6 Å². The summed E-state index contributed by atoms with van der Waals surface area (Å²) in [6.45, 7) is 3.79. The Morgan fingerprint density at radius 2 is 2.11 bits per heavy atom. The molecule has 0 spiro atoms. The molecule has 2 nitrogen and oxygen atoms in total. The van der Waals surface area contributed by atoms with Crippen LogP contribution in [0.15, 0.2) is 18.2 Å². The van der Waals surface area contributed by atoms with Crippen LogP contribution in [0.3, 0.4) is 0 Å². The molecule has 0 radical (unpaired) electrons. The third kappa shape index (κ3) is 3.47. The predicted molar refractivity (Wildman–Crippen MR) is 73.7 cm³/mol. The summed E-state index contributed by atoms with van der Waals surface area (Å²) >= 11 is 0. The molecule has 3 atom stereocenters. The van der Waals surface area contributed by atoms with Crippen LogP contribution in [0.4, 0.5) is 4.39 Å². The number of aliphatic hydroxyl groups excluding tert-OH is 1. The van der Waals surface area contributed by atoms with E-state index in [4.69, 9.17) is 4.74 Å². The second kappa shape index (κ2) is 6.38. The maximum Gasteiger partial charge on any atom is 0.165 e. The number of hydrogen-bond acceptors (Lipinski definition) is 2. The van der Waals surface area contributed by atoms with Gasteiger partial charge in [0.05, 0.1) is 6.10 Å². The van der Waals surface area contributed by atoms with E-state index in [2.05, 4.69) is 6.92 Å². The fraction of sp³-hybridized carbons (Fsp3) is 0.625. The lowest BCUT2D eigenvalue weighted by Crippen LogP contribution is -2.30. The lowest BCUT2D eigenvalue weighted by Gasteiger charge is -2.31. The molecule has 0 heterocycles. The van der Waals surface area contributed by atoms with Crippen LogP contribution in [0, 0.1) is 11.7 Å². The third-order valence-corrected chi connectivity index (χ3v) is 4.08. The number of ether oxygens (including phenoxy) is 1. The molecule has 3 heteroatoms. The normalized spacial score (nSPS) is 25.1. The van der Waals surface area contributed by atoms with Gasteiger partial charge in [-0.15, -0.1) is 0 Å². The lowest BCUT2D eigenvalue weighted by molar-refractivity contribution is 0.0861. The first kappa shape index (κ1) is 14.3. The summed E-state index contributed by atoms with van der Waals surface area (Å²) in [5, 5.41) is 9.43. The zero-order chi connectivity index (χ0) is 13.8. The topological polar surface area (TPSA) is 29.5 Å². The Kier molecular flexibility index (Phi) is 4.81. The van der Waals surface area contributed by atoms with Gasteiger partial charge in [-0.25, -0.2) is 4.39 Å². The fourth-order valence-corrected chi connectivity index (χ4v) is 2.83. The molecule has 19 heavy (non-hydrogen) atoms. The minimum absolute atomic E-state index is 0.130. The van der Waals surface area contributed by atoms with E-state index in [1.54, 1.807) is 19.1 Å². The minimum Gasteiger partial charge on any atom is -0.487 e. The Morgan fingerprint density at radius 3 is 2.74 bits per heavy atom. The molecule has 0 saturated heterocycles. The van der Waals surface area contributed by atoms with Crippen molar-refractivity contribution in [3.63, 3.8) is 0 Å². The maximum atomic E-state index is 14.0. The van der Waals surface area contributed by atoms with Gasteiger partial charge < -0.3 is 9.84 Å². The molecule has 1 aliphatic rings. The van der Waals surface area contributed by atoms with Crippen molar-refractivity contribution in [2.75, 3.05) is 0 Å². The summed E-state index contributed by atoms with van der Waals surface area (Å²) in [5.41, 5.74) is 0.584. The van der Waals surface area contributed by atoms with Gasteiger partial charge in [-0.1, -0.05) is 19.4 Å². The molecule has 0 amide bonds. The molecule has 1 aromatic carbocycles. The molecule has 106 valence electrons. The number of halogens is 1. The third-order valence-electron chi connectivity index (χ3n) is 4.08. The van der Waals surface area contributed by atoms with Crippen molar-refractivity contribution in [1.82, 2.24) is 0 Å². The van der Waals surface area contributed by atoms with E-state index < -0.39 is 6.10 Å². The summed E-state index contributed by atoms with van der Waals surface area (Å²) in [7, 11) is 0. The first-order chi connectivity index (χ1) is 9.11. The first-order valence-electron chi connectivity index (χ1n) is 7.26. The average molecular weight is 266 g/mol. The van der Waals surface area contributed by atoms with Crippen molar-refractivity contribution in [1.29, 1.82) is 0 Å². The average Bonchev–Trinajstić information content (AvgIpc) is 2.41. The molecule has 1 aromatic rings. The van der Waals surface area contributed by atoms with Gasteiger partial charge in [0.2, 0.25) is 0 Å². The fourth-order valence-electron chi connectivity index (χ4n) is 2.83. The predicted octanol–water partition coefficient (Wildman–Crippen LogP) is 4.23. The molecule has 1 fully saturated rings. The Labute approximate surface area is 114 Å². The highest BCUT2D eigenvalue weighted by Crippen LogP contribution is 2.32. The number of aliphatic hydroxyl groups is 1. The molecule has 0 aromatic heterocycles. The monoisotopic (exact) mass is 266 g/mol. The van der Waals surface area contributed by atoms with Gasteiger partial charge in [-0.3, -0.25) is 0 Å². The lowest BCUT2D eigenvalue weighted by atomic mass is 9.85. The first-order valence-corrected chi connectivity index (χ1v) is 7.26. The maximum absolute atomic E-state index is 14.0. The van der Waals surface area contributed by atoms with Crippen molar-refractivity contribution in [2.45, 2.75) is 58.2 Å². The van der Waals surface area contributed by atoms with E-state index in [1.165, 1.54) is 18.9 Å². The van der Waals surface area contributed by atoms with Crippen molar-refractivity contribution in [3.8, 4) is 5.75 Å². The molecule has 1 saturated carbocycles. The zero-order valence-electron chi connectivity index (χ0n) is 11.7. The second-order valence-corrected chi connectivity index (χ2v) is 5.47. The molecule has 1 aliphatic carbocycles. The molecule has 0 aliphatic heterocycles. The van der Waals surface area contributed by atoms with Crippen molar-refractivity contribution in [2.24, 2.45) is 5.92 Å². The van der Waals surface area contributed by atoms with Crippen LogP contribution >= 0.6 is 0 Å². The Morgan fingerprint density at radius 1 is 1.37 bits per heavy atom. The molecular weight excluding hydrogens is 243 g/mol. The Hall–Kier alpha value is -1.09. The molecule has 2 rings (SSSR count). The van der Waals surface area contributed by atoms with Gasteiger partial charge in [0.25, 0.3) is 0 Å². The standard InChI is InChI=1S/C16H23FO2/c1-3-12-6-4-5-7-15(12)19-16-9-8-13(11(2)18)10-14(16)17/h8-12,15,18H,3-7H2,1-2H3/t11-,12?,15?/m1/s1. The quantitative estimate of drug-likeness (QED) is 0.883. The van der Waals surface area contributed by atoms with Gasteiger partial charge in [0, 0.05) is 0 Å². The minimum atomic E-state index is -0.651. The summed E-state index contributed by atoms with van der Waals surface area (Å²) in [6, 6.07) is 4.73. The van der Waals surface area contributed by atoms with Crippen molar-refractivity contribution >= 4 is 0 Å². The van der Waals surface area contributed by atoms with Crippen LogP contribution < -0.4 is 4.74 Å². The van der Waals surface area contributed by atoms with Crippen LogP contribution in [0.2, 0.25) is 0 Å². The van der Waals surface area contributed by atoms with E-state index >= 15 is 0 Å². The van der Waals surface area contributed by atoms with Crippen LogP contribution in [0.1, 0.15) is 57.6 Å². The van der Waals surface area contributed by atoms with Gasteiger partial charge in [0.1, 0.15) is 6.10 Å². The summed E-state index contributed by atoms with van der Waals surface area (Å²) in [5.74, 6) is 0.471. The van der Waals surface area contributed by atoms with Gasteiger partial charge >= 0.3 is 0 Å². The van der Waals surface area contributed by atoms with Crippen molar-refractivity contribution < 1.29 is 14.2 Å². The highest BCUT2D eigenvalue weighted by atomic mass is 19.1. The molecule has 2 unspecified atom stereocenters. The van der Waals surface area contributed by atoms with Crippen LogP contribution in [-0.4, -0.2) is 11.2 Å². The SMILES string of the molecule is CCC1CCCCC1Oc1ccc([C@@H](C)O)cc1F. The van der Waals surface area contributed by atoms with E-state index in [0.29, 0.717) is 17.2 Å². The highest BCUT2D eigenvalue weighted by Gasteiger charge is 2.26. The number of hydrogen-bond donors (Lipinski definition) is 1. The summed E-state index contributed by atoms with van der Waals surface area (Å²) in [4.78, 5) is 0. The smallest absolute Gasteiger partial charge is 0.165 e. The van der Waals surface area contributed by atoms with Crippen LogP contribution in [0.25, 0.3) is 0 Å². The molecular formula is C16H23FO2.